The molecule has 15 nitrogen and oxygen atoms in total. The topological polar surface area (TPSA) is 163 Å². The third kappa shape index (κ3) is 6.91. The van der Waals surface area contributed by atoms with Crippen molar-refractivity contribution >= 4 is 35.3 Å². The number of nitrogens with zero attached hydrogens (tertiary/aromatic N) is 5. The number of hydrogen-bond acceptors (Lipinski definition) is 10. The smallest absolute Gasteiger partial charge is 0.317 e. The maximum absolute atomic E-state index is 13.6. The highest BCUT2D eigenvalue weighted by atomic mass is 16.5. The van der Waals surface area contributed by atoms with Gasteiger partial charge in [-0.2, -0.15) is 0 Å². The minimum absolute atomic E-state index is 0.0754. The summed E-state index contributed by atoms with van der Waals surface area (Å²) in [7, 11) is 9.00. The van der Waals surface area contributed by atoms with Crippen LogP contribution in [-0.2, 0) is 36.1 Å². The first kappa shape index (κ1) is 38.2. The Kier molecular flexibility index (Phi) is 10.0. The van der Waals surface area contributed by atoms with E-state index in [-0.39, 0.29) is 42.1 Å². The monoisotopic (exact) mass is 779 g/mol. The van der Waals surface area contributed by atoms with Crippen LogP contribution in [0.5, 0.6) is 11.5 Å². The molecule has 0 spiro atoms. The fourth-order valence-electron chi connectivity index (χ4n) is 9.64. The number of aryl methyl sites for hydroxylation is 1. The van der Waals surface area contributed by atoms with Gasteiger partial charge in [-0.3, -0.25) is 34.2 Å². The van der Waals surface area contributed by atoms with Crippen molar-refractivity contribution in [1.29, 1.82) is 0 Å². The van der Waals surface area contributed by atoms with Crippen LogP contribution in [0.15, 0.2) is 41.3 Å². The molecular formula is C42H49N7O8. The van der Waals surface area contributed by atoms with Gasteiger partial charge in [0.1, 0.15) is 17.5 Å². The van der Waals surface area contributed by atoms with Gasteiger partial charge in [0.15, 0.2) is 0 Å². The second-order valence-electron chi connectivity index (χ2n) is 16.3. The predicted molar refractivity (Wildman–Crippen MR) is 210 cm³/mol. The van der Waals surface area contributed by atoms with E-state index in [1.165, 1.54) is 0 Å². The maximum atomic E-state index is 13.6. The fourth-order valence-corrected chi connectivity index (χ4v) is 9.64. The van der Waals surface area contributed by atoms with Gasteiger partial charge in [0.2, 0.25) is 11.8 Å². The van der Waals surface area contributed by atoms with Crippen molar-refractivity contribution in [1.82, 2.24) is 29.9 Å². The normalized spacial score (nSPS) is 22.8. The molecule has 2 N–H and O–H groups in total. The highest BCUT2D eigenvalue weighted by molar-refractivity contribution is 6.23. The van der Waals surface area contributed by atoms with Crippen molar-refractivity contribution in [3.63, 3.8) is 0 Å². The number of nitrogens with one attached hydrogen (secondary N) is 2. The molecule has 300 valence electrons. The highest BCUT2D eigenvalue weighted by Gasteiger charge is 2.46. The van der Waals surface area contributed by atoms with Crippen LogP contribution in [0.25, 0.3) is 11.1 Å². The van der Waals surface area contributed by atoms with Crippen LogP contribution in [0.3, 0.4) is 0 Å². The summed E-state index contributed by atoms with van der Waals surface area (Å²) < 4.78 is 13.2. The molecule has 8 rings (SSSR count). The van der Waals surface area contributed by atoms with Crippen molar-refractivity contribution in [3.05, 3.63) is 74.7 Å². The number of amides is 6. The van der Waals surface area contributed by atoms with Crippen LogP contribution >= 0.6 is 0 Å². The quantitative estimate of drug-likeness (QED) is 0.309. The lowest BCUT2D eigenvalue weighted by molar-refractivity contribution is -0.136. The van der Waals surface area contributed by atoms with Gasteiger partial charge in [-0.1, -0.05) is 0 Å². The highest BCUT2D eigenvalue weighted by Crippen LogP contribution is 2.44. The first-order valence-corrected chi connectivity index (χ1v) is 19.6. The number of rotatable bonds is 9. The summed E-state index contributed by atoms with van der Waals surface area (Å²) in [6, 6.07) is 8.09. The van der Waals surface area contributed by atoms with Gasteiger partial charge >= 0.3 is 6.03 Å². The van der Waals surface area contributed by atoms with Gasteiger partial charge in [-0.15, -0.1) is 0 Å². The summed E-state index contributed by atoms with van der Waals surface area (Å²) in [6.07, 6.45) is 4.51. The second kappa shape index (κ2) is 15.0. The molecule has 3 fully saturated rings. The number of piperidine rings is 1. The van der Waals surface area contributed by atoms with Crippen molar-refractivity contribution in [3.8, 4) is 22.6 Å². The number of hydrogen-bond donors (Lipinski definition) is 2. The van der Waals surface area contributed by atoms with Crippen molar-refractivity contribution in [2.24, 2.45) is 24.8 Å². The Morgan fingerprint density at radius 2 is 1.58 bits per heavy atom. The molecule has 3 atom stereocenters. The summed E-state index contributed by atoms with van der Waals surface area (Å²) in [4.78, 5) is 84.7. The molecule has 2 aromatic carbocycles. The van der Waals surface area contributed by atoms with E-state index in [4.69, 9.17) is 9.47 Å². The fraction of sp³-hybridized carbons (Fsp3) is 0.476. The SMILES string of the molecule is COc1cc(-c2cn(C)c(=O)c3c2CCN(C(=O)NCC2CC4CN(c5ccc6c(c5)C(=O)N([C@@H]5CCC(=O)NC5=O)C6=O)CC4C2)C3)cc(OC)c1CN(C)C. The van der Waals surface area contributed by atoms with E-state index >= 15 is 0 Å². The van der Waals surface area contributed by atoms with Crippen molar-refractivity contribution in [2.75, 3.05) is 59.4 Å². The third-order valence-corrected chi connectivity index (χ3v) is 12.4. The number of anilines is 1. The minimum atomic E-state index is -0.995. The van der Waals surface area contributed by atoms with E-state index in [1.54, 1.807) is 42.9 Å². The van der Waals surface area contributed by atoms with Crippen LogP contribution in [0.4, 0.5) is 10.5 Å². The molecule has 1 aliphatic carbocycles. The molecule has 0 radical (unpaired) electrons. The van der Waals surface area contributed by atoms with E-state index in [0.717, 1.165) is 58.8 Å². The first-order valence-electron chi connectivity index (χ1n) is 19.6. The molecule has 1 aromatic heterocycles. The number of methoxy groups -OCH3 is 2. The Balaban J connectivity index is 0.884. The standard InChI is InChI=1S/C42H49N7O8/c1-45(2)20-33-35(56-4)14-24(15-36(33)57-5)31-21-46(3)39(52)32-22-47(11-10-28(31)32)42(55)43-17-23-12-25-18-48(19-26(25)13-23)27-6-7-29-30(16-27)41(54)49(40(29)53)34-8-9-37(50)44-38(34)51/h6-7,14-16,21,23,25-26,34H,8-13,17-20,22H2,1-5H3,(H,43,55)(H,44,50,51)/t23?,25?,26?,34-/m1/s1. The van der Waals surface area contributed by atoms with E-state index in [2.05, 4.69) is 20.4 Å². The zero-order chi connectivity index (χ0) is 40.3. The van der Waals surface area contributed by atoms with E-state index < -0.39 is 29.7 Å². The van der Waals surface area contributed by atoms with Gasteiger partial charge in [0.25, 0.3) is 17.4 Å². The molecule has 2 unspecified atom stereocenters. The van der Waals surface area contributed by atoms with Crippen LogP contribution in [0.1, 0.15) is 63.1 Å². The van der Waals surface area contributed by atoms with Gasteiger partial charge in [-0.05, 0) is 99.0 Å². The summed E-state index contributed by atoms with van der Waals surface area (Å²) in [5.41, 5.74) is 5.59. The molecule has 5 heterocycles. The lowest BCUT2D eigenvalue weighted by Gasteiger charge is -2.31. The third-order valence-electron chi connectivity index (χ3n) is 12.4. The van der Waals surface area contributed by atoms with Gasteiger partial charge in [0.05, 0.1) is 37.5 Å². The van der Waals surface area contributed by atoms with Crippen molar-refractivity contribution < 1.29 is 33.4 Å². The average Bonchev–Trinajstić information content (AvgIpc) is 3.85. The lowest BCUT2D eigenvalue weighted by atomic mass is 9.91. The number of ether oxygens (including phenoxy) is 2. The zero-order valence-corrected chi connectivity index (χ0v) is 33.1. The number of aromatic nitrogens is 1. The molecule has 15 heteroatoms. The number of fused-ring (bicyclic) bond motifs is 3. The molecule has 4 aliphatic heterocycles. The number of urea groups is 1. The molecule has 3 aromatic rings. The van der Waals surface area contributed by atoms with E-state index in [1.807, 2.05) is 38.5 Å². The van der Waals surface area contributed by atoms with Crippen LogP contribution < -0.4 is 30.6 Å². The summed E-state index contributed by atoms with van der Waals surface area (Å²) in [6.45, 7) is 3.50. The van der Waals surface area contributed by atoms with Crippen LogP contribution in [-0.4, -0.2) is 109 Å². The first-order chi connectivity index (χ1) is 27.3. The maximum Gasteiger partial charge on any atom is 0.317 e. The van der Waals surface area contributed by atoms with Crippen molar-refractivity contribution in [2.45, 2.75) is 51.2 Å². The van der Waals surface area contributed by atoms with E-state index in [9.17, 15) is 28.8 Å². The summed E-state index contributed by atoms with van der Waals surface area (Å²) in [5, 5.41) is 5.41. The zero-order valence-electron chi connectivity index (χ0n) is 33.1. The Morgan fingerprint density at radius 3 is 2.23 bits per heavy atom. The largest absolute Gasteiger partial charge is 0.496 e. The molecule has 57 heavy (non-hydrogen) atoms. The number of pyridine rings is 1. The summed E-state index contributed by atoms with van der Waals surface area (Å²) >= 11 is 0. The Morgan fingerprint density at radius 1 is 0.895 bits per heavy atom. The van der Waals surface area contributed by atoms with Gasteiger partial charge < -0.3 is 34.1 Å². The van der Waals surface area contributed by atoms with Gasteiger partial charge in [0, 0.05) is 69.2 Å². The van der Waals surface area contributed by atoms with Gasteiger partial charge in [-0.25, -0.2) is 4.79 Å². The Bertz CT molecular complexity index is 2210. The molecule has 2 saturated heterocycles. The lowest BCUT2D eigenvalue weighted by Crippen LogP contribution is -2.54. The van der Waals surface area contributed by atoms with E-state index in [0.29, 0.717) is 60.9 Å². The second-order valence-corrected chi connectivity index (χ2v) is 16.3. The Labute approximate surface area is 330 Å². The average molecular weight is 780 g/mol. The molecule has 1 saturated carbocycles. The summed E-state index contributed by atoms with van der Waals surface area (Å²) in [5.74, 6) is 0.542. The number of imide groups is 2. The van der Waals surface area contributed by atoms with Crippen LogP contribution in [0, 0.1) is 17.8 Å². The number of carbonyl (C=O) groups excluding carboxylic acids is 5. The predicted octanol–water partition coefficient (Wildman–Crippen LogP) is 2.76. The molecule has 0 bridgehead atoms. The van der Waals surface area contributed by atoms with Crippen LogP contribution in [0.2, 0.25) is 0 Å². The number of carbonyl (C=O) groups is 5. The Hall–Kier alpha value is -5.70. The molecule has 6 amide bonds. The minimum Gasteiger partial charge on any atom is -0.496 e. The molecular weight excluding hydrogens is 731 g/mol. The number of benzene rings is 2. The molecule has 5 aliphatic rings.